The van der Waals surface area contributed by atoms with Crippen molar-refractivity contribution in [1.29, 1.82) is 0 Å². The smallest absolute Gasteiger partial charge is 0.0726 e. The molecule has 0 unspecified atom stereocenters. The molecule has 0 saturated heterocycles. The standard InChI is InChI=1S/C18H24N2/c1-4-19-18-14-7-5-6-8-16(14)20-17-10-9-13(12(2)3)11-15(17)18/h9-12H,4-8H2,1-3H3,(H,19,20). The summed E-state index contributed by atoms with van der Waals surface area (Å²) >= 11 is 0. The van der Waals surface area contributed by atoms with Crippen LogP contribution in [0.15, 0.2) is 18.2 Å². The zero-order valence-electron chi connectivity index (χ0n) is 12.8. The van der Waals surface area contributed by atoms with Crippen LogP contribution < -0.4 is 5.32 Å². The van der Waals surface area contributed by atoms with Gasteiger partial charge < -0.3 is 5.32 Å². The Morgan fingerprint density at radius 2 is 2.00 bits per heavy atom. The summed E-state index contributed by atoms with van der Waals surface area (Å²) in [5.74, 6) is 0.560. The van der Waals surface area contributed by atoms with Gasteiger partial charge in [0.2, 0.25) is 0 Å². The lowest BCUT2D eigenvalue weighted by atomic mass is 9.91. The van der Waals surface area contributed by atoms with Crippen LogP contribution in [0.5, 0.6) is 0 Å². The van der Waals surface area contributed by atoms with E-state index in [0.29, 0.717) is 5.92 Å². The molecule has 0 radical (unpaired) electrons. The molecule has 106 valence electrons. The molecule has 0 bridgehead atoms. The molecule has 1 aromatic carbocycles. The first-order chi connectivity index (χ1) is 9.70. The molecule has 0 amide bonds. The van der Waals surface area contributed by atoms with E-state index < -0.39 is 0 Å². The highest BCUT2D eigenvalue weighted by Crippen LogP contribution is 2.34. The predicted molar refractivity (Wildman–Crippen MR) is 86.6 cm³/mol. The largest absolute Gasteiger partial charge is 0.384 e. The van der Waals surface area contributed by atoms with Crippen LogP contribution in [-0.4, -0.2) is 11.5 Å². The Morgan fingerprint density at radius 3 is 2.75 bits per heavy atom. The van der Waals surface area contributed by atoms with Crippen molar-refractivity contribution in [2.75, 3.05) is 11.9 Å². The summed E-state index contributed by atoms with van der Waals surface area (Å²) < 4.78 is 0. The zero-order chi connectivity index (χ0) is 14.1. The number of nitrogens with zero attached hydrogens (tertiary/aromatic N) is 1. The van der Waals surface area contributed by atoms with Gasteiger partial charge in [0.15, 0.2) is 0 Å². The van der Waals surface area contributed by atoms with E-state index in [2.05, 4.69) is 44.3 Å². The first-order valence-electron chi connectivity index (χ1n) is 7.90. The molecule has 0 spiro atoms. The number of hydrogen-bond acceptors (Lipinski definition) is 2. The fraction of sp³-hybridized carbons (Fsp3) is 0.500. The highest BCUT2D eigenvalue weighted by molar-refractivity contribution is 5.94. The maximum absolute atomic E-state index is 4.92. The third kappa shape index (κ3) is 2.28. The van der Waals surface area contributed by atoms with Crippen LogP contribution in [0.4, 0.5) is 5.69 Å². The van der Waals surface area contributed by atoms with Crippen LogP contribution in [0.1, 0.15) is 56.4 Å². The molecule has 20 heavy (non-hydrogen) atoms. The molecule has 1 N–H and O–H groups in total. The van der Waals surface area contributed by atoms with Crippen molar-refractivity contribution in [1.82, 2.24) is 4.98 Å². The monoisotopic (exact) mass is 268 g/mol. The summed E-state index contributed by atoms with van der Waals surface area (Å²) in [7, 11) is 0. The fourth-order valence-corrected chi connectivity index (χ4v) is 3.18. The van der Waals surface area contributed by atoms with Gasteiger partial charge in [-0.3, -0.25) is 4.98 Å². The number of benzene rings is 1. The summed E-state index contributed by atoms with van der Waals surface area (Å²) in [6, 6.07) is 6.76. The first-order valence-corrected chi connectivity index (χ1v) is 7.90. The SMILES string of the molecule is CCNc1c2c(nc3ccc(C(C)C)cc13)CCCC2. The minimum atomic E-state index is 0.560. The van der Waals surface area contributed by atoms with Crippen LogP contribution in [0.2, 0.25) is 0 Å². The molecular formula is C18H24N2. The summed E-state index contributed by atoms with van der Waals surface area (Å²) in [4.78, 5) is 4.92. The summed E-state index contributed by atoms with van der Waals surface area (Å²) in [5.41, 5.74) is 6.67. The Kier molecular flexibility index (Phi) is 3.64. The average molecular weight is 268 g/mol. The molecule has 1 aliphatic carbocycles. The second-order valence-corrected chi connectivity index (χ2v) is 6.08. The van der Waals surface area contributed by atoms with Gasteiger partial charge in [0.05, 0.1) is 5.52 Å². The molecule has 1 heterocycles. The van der Waals surface area contributed by atoms with Gasteiger partial charge in [-0.25, -0.2) is 0 Å². The minimum Gasteiger partial charge on any atom is -0.384 e. The van der Waals surface area contributed by atoms with Crippen molar-refractivity contribution in [2.45, 2.75) is 52.4 Å². The Hall–Kier alpha value is -1.57. The van der Waals surface area contributed by atoms with Crippen LogP contribution in [0, 0.1) is 0 Å². The number of aryl methyl sites for hydroxylation is 1. The van der Waals surface area contributed by atoms with E-state index in [4.69, 9.17) is 4.98 Å². The minimum absolute atomic E-state index is 0.560. The summed E-state index contributed by atoms with van der Waals surface area (Å²) in [5, 5.41) is 4.91. The molecule has 1 aliphatic rings. The van der Waals surface area contributed by atoms with Gasteiger partial charge in [0.25, 0.3) is 0 Å². The van der Waals surface area contributed by atoms with Gasteiger partial charge >= 0.3 is 0 Å². The predicted octanol–water partition coefficient (Wildman–Crippen LogP) is 4.67. The number of pyridine rings is 1. The summed E-state index contributed by atoms with van der Waals surface area (Å²) in [6.45, 7) is 7.64. The van der Waals surface area contributed by atoms with Gasteiger partial charge in [0.1, 0.15) is 0 Å². The lowest BCUT2D eigenvalue weighted by molar-refractivity contribution is 0.672. The number of aromatic nitrogens is 1. The normalized spacial score (nSPS) is 14.6. The van der Waals surface area contributed by atoms with E-state index in [1.807, 2.05) is 0 Å². The number of hydrogen-bond donors (Lipinski definition) is 1. The Morgan fingerprint density at radius 1 is 1.20 bits per heavy atom. The maximum atomic E-state index is 4.92. The lowest BCUT2D eigenvalue weighted by Crippen LogP contribution is -2.11. The number of nitrogens with one attached hydrogen (secondary N) is 1. The van der Waals surface area contributed by atoms with Crippen molar-refractivity contribution in [3.05, 3.63) is 35.0 Å². The van der Waals surface area contributed by atoms with E-state index in [-0.39, 0.29) is 0 Å². The Labute approximate surface area is 121 Å². The molecule has 1 aromatic heterocycles. The van der Waals surface area contributed by atoms with Crippen molar-refractivity contribution in [3.8, 4) is 0 Å². The van der Waals surface area contributed by atoms with Crippen LogP contribution in [-0.2, 0) is 12.8 Å². The summed E-state index contributed by atoms with van der Waals surface area (Å²) in [6.07, 6.45) is 4.88. The van der Waals surface area contributed by atoms with E-state index in [1.165, 1.54) is 47.2 Å². The molecule has 2 nitrogen and oxygen atoms in total. The molecular weight excluding hydrogens is 244 g/mol. The van der Waals surface area contributed by atoms with Crippen molar-refractivity contribution < 1.29 is 0 Å². The van der Waals surface area contributed by atoms with Gasteiger partial charge in [-0.15, -0.1) is 0 Å². The number of anilines is 1. The molecule has 0 aliphatic heterocycles. The second kappa shape index (κ2) is 5.43. The maximum Gasteiger partial charge on any atom is 0.0726 e. The molecule has 2 heteroatoms. The molecule has 3 rings (SSSR count). The Balaban J connectivity index is 2.25. The molecule has 0 atom stereocenters. The van der Waals surface area contributed by atoms with Gasteiger partial charge in [-0.05, 0) is 61.8 Å². The number of fused-ring (bicyclic) bond motifs is 2. The van der Waals surface area contributed by atoms with E-state index in [1.54, 1.807) is 0 Å². The third-order valence-electron chi connectivity index (χ3n) is 4.31. The number of rotatable bonds is 3. The van der Waals surface area contributed by atoms with Crippen LogP contribution >= 0.6 is 0 Å². The van der Waals surface area contributed by atoms with E-state index in [0.717, 1.165) is 18.5 Å². The van der Waals surface area contributed by atoms with Gasteiger partial charge in [-0.1, -0.05) is 19.9 Å². The zero-order valence-corrected chi connectivity index (χ0v) is 12.8. The fourth-order valence-electron chi connectivity index (χ4n) is 3.18. The van der Waals surface area contributed by atoms with Crippen LogP contribution in [0.25, 0.3) is 10.9 Å². The van der Waals surface area contributed by atoms with Gasteiger partial charge in [-0.2, -0.15) is 0 Å². The Bertz CT molecular complexity index is 629. The quantitative estimate of drug-likeness (QED) is 0.875. The average Bonchev–Trinajstić information content (AvgIpc) is 2.46. The third-order valence-corrected chi connectivity index (χ3v) is 4.31. The first kappa shape index (κ1) is 13.4. The van der Waals surface area contributed by atoms with Crippen molar-refractivity contribution >= 4 is 16.6 Å². The second-order valence-electron chi connectivity index (χ2n) is 6.08. The van der Waals surface area contributed by atoms with E-state index in [9.17, 15) is 0 Å². The van der Waals surface area contributed by atoms with Crippen LogP contribution in [0.3, 0.4) is 0 Å². The van der Waals surface area contributed by atoms with E-state index >= 15 is 0 Å². The van der Waals surface area contributed by atoms with Crippen molar-refractivity contribution in [2.24, 2.45) is 0 Å². The highest BCUT2D eigenvalue weighted by atomic mass is 14.9. The molecule has 0 fully saturated rings. The van der Waals surface area contributed by atoms with Gasteiger partial charge in [0, 0.05) is 23.3 Å². The van der Waals surface area contributed by atoms with Crippen molar-refractivity contribution in [3.63, 3.8) is 0 Å². The topological polar surface area (TPSA) is 24.9 Å². The highest BCUT2D eigenvalue weighted by Gasteiger charge is 2.18. The lowest BCUT2D eigenvalue weighted by Gasteiger charge is -2.22. The molecule has 2 aromatic rings. The molecule has 0 saturated carbocycles.